The number of benzene rings is 2. The number of carbonyl (C=O) groups is 1. The molecule has 2 aromatic rings. The van der Waals surface area contributed by atoms with E-state index in [0.29, 0.717) is 37.7 Å². The van der Waals surface area contributed by atoms with Gasteiger partial charge in [-0.25, -0.2) is 9.18 Å². The quantitative estimate of drug-likeness (QED) is 0.903. The number of hydrogen-bond acceptors (Lipinski definition) is 2. The van der Waals surface area contributed by atoms with Gasteiger partial charge in [-0.2, -0.15) is 0 Å². The van der Waals surface area contributed by atoms with Crippen LogP contribution in [0, 0.1) is 5.82 Å². The summed E-state index contributed by atoms with van der Waals surface area (Å²) in [5.74, 6) is -0.236. The molecular formula is C19H21ClFN3O. The molecule has 3 rings (SSSR count). The number of piperazine rings is 1. The molecule has 2 aromatic carbocycles. The molecule has 1 fully saturated rings. The first-order chi connectivity index (χ1) is 12.1. The van der Waals surface area contributed by atoms with E-state index in [-0.39, 0.29) is 11.8 Å². The lowest BCUT2D eigenvalue weighted by atomic mass is 10.1. The van der Waals surface area contributed by atoms with Crippen LogP contribution in [-0.4, -0.2) is 43.7 Å². The summed E-state index contributed by atoms with van der Waals surface area (Å²) in [5.41, 5.74) is 2.00. The average Bonchev–Trinajstić information content (AvgIpc) is 2.63. The molecule has 6 heteroatoms. The maximum atomic E-state index is 13.3. The third-order valence-corrected chi connectivity index (χ3v) is 4.60. The van der Waals surface area contributed by atoms with E-state index in [4.69, 9.17) is 11.6 Å². The Balaban J connectivity index is 1.43. The van der Waals surface area contributed by atoms with Crippen molar-refractivity contribution in [2.45, 2.75) is 6.42 Å². The second-order valence-electron chi connectivity index (χ2n) is 6.06. The largest absolute Gasteiger partial charge is 0.368 e. The molecule has 4 nitrogen and oxygen atoms in total. The minimum absolute atomic E-state index is 0.0483. The maximum Gasteiger partial charge on any atom is 0.317 e. The van der Waals surface area contributed by atoms with Gasteiger partial charge in [-0.3, -0.25) is 0 Å². The summed E-state index contributed by atoms with van der Waals surface area (Å²) >= 11 is 5.86. The second kappa shape index (κ2) is 8.21. The molecule has 2 amide bonds. The second-order valence-corrected chi connectivity index (χ2v) is 6.50. The van der Waals surface area contributed by atoms with E-state index in [0.717, 1.165) is 17.7 Å². The molecule has 1 aliphatic heterocycles. The van der Waals surface area contributed by atoms with Crippen LogP contribution >= 0.6 is 11.6 Å². The van der Waals surface area contributed by atoms with Gasteiger partial charge in [0.25, 0.3) is 0 Å². The van der Waals surface area contributed by atoms with E-state index in [9.17, 15) is 9.18 Å². The van der Waals surface area contributed by atoms with Gasteiger partial charge < -0.3 is 15.1 Å². The fraction of sp³-hybridized carbons (Fsp3) is 0.316. The highest BCUT2D eigenvalue weighted by molar-refractivity contribution is 6.30. The number of amides is 2. The molecule has 0 spiro atoms. The molecule has 0 saturated carbocycles. The predicted octanol–water partition coefficient (Wildman–Crippen LogP) is 3.55. The summed E-state index contributed by atoms with van der Waals surface area (Å²) in [4.78, 5) is 16.2. The molecule has 0 unspecified atom stereocenters. The third kappa shape index (κ3) is 4.86. The van der Waals surface area contributed by atoms with Crippen LogP contribution in [0.3, 0.4) is 0 Å². The molecule has 0 aliphatic carbocycles. The van der Waals surface area contributed by atoms with Crippen LogP contribution in [0.25, 0.3) is 0 Å². The highest BCUT2D eigenvalue weighted by atomic mass is 35.5. The van der Waals surface area contributed by atoms with Crippen molar-refractivity contribution in [1.29, 1.82) is 0 Å². The summed E-state index contributed by atoms with van der Waals surface area (Å²) in [5, 5.41) is 3.67. The Morgan fingerprint density at radius 2 is 1.80 bits per heavy atom. The van der Waals surface area contributed by atoms with Crippen molar-refractivity contribution in [3.8, 4) is 0 Å². The Kier molecular flexibility index (Phi) is 5.76. The number of nitrogens with one attached hydrogen (secondary N) is 1. The molecule has 0 bridgehead atoms. The molecule has 25 heavy (non-hydrogen) atoms. The zero-order chi connectivity index (χ0) is 17.6. The molecular weight excluding hydrogens is 341 g/mol. The van der Waals surface area contributed by atoms with E-state index in [2.05, 4.69) is 10.2 Å². The maximum absolute atomic E-state index is 13.3. The van der Waals surface area contributed by atoms with E-state index < -0.39 is 0 Å². The van der Waals surface area contributed by atoms with E-state index in [1.165, 1.54) is 12.1 Å². The van der Waals surface area contributed by atoms with Crippen LogP contribution in [0.15, 0.2) is 48.5 Å². The smallest absolute Gasteiger partial charge is 0.317 e. The lowest BCUT2D eigenvalue weighted by Gasteiger charge is -2.36. The topological polar surface area (TPSA) is 35.6 Å². The van der Waals surface area contributed by atoms with Crippen LogP contribution in [0.2, 0.25) is 5.02 Å². The van der Waals surface area contributed by atoms with Crippen LogP contribution in [-0.2, 0) is 6.42 Å². The average molecular weight is 362 g/mol. The summed E-state index contributed by atoms with van der Waals surface area (Å²) in [6, 6.07) is 14.2. The van der Waals surface area contributed by atoms with Gasteiger partial charge in [-0.05, 0) is 42.3 Å². The summed E-state index contributed by atoms with van der Waals surface area (Å²) in [6.45, 7) is 3.25. The number of nitrogens with zero attached hydrogens (tertiary/aromatic N) is 2. The number of urea groups is 1. The van der Waals surface area contributed by atoms with Crippen LogP contribution in [0.5, 0.6) is 0 Å². The first kappa shape index (κ1) is 17.5. The SMILES string of the molecule is O=C(NCCc1ccc(Cl)cc1)N1CCN(c2cccc(F)c2)CC1. The fourth-order valence-corrected chi connectivity index (χ4v) is 3.04. The van der Waals surface area contributed by atoms with Crippen LogP contribution in [0.4, 0.5) is 14.9 Å². The summed E-state index contributed by atoms with van der Waals surface area (Å²) in [6.07, 6.45) is 0.770. The first-order valence-corrected chi connectivity index (χ1v) is 8.77. The molecule has 1 aliphatic rings. The Bertz CT molecular complexity index is 715. The Labute approximate surface area is 152 Å². The first-order valence-electron chi connectivity index (χ1n) is 8.39. The van der Waals surface area contributed by atoms with E-state index >= 15 is 0 Å². The Morgan fingerprint density at radius 3 is 2.48 bits per heavy atom. The molecule has 1 heterocycles. The predicted molar refractivity (Wildman–Crippen MR) is 98.7 cm³/mol. The number of halogens is 2. The molecule has 1 N–H and O–H groups in total. The van der Waals surface area contributed by atoms with Crippen molar-refractivity contribution in [3.05, 3.63) is 64.9 Å². The minimum atomic E-state index is -0.236. The van der Waals surface area contributed by atoms with Crippen molar-refractivity contribution in [2.75, 3.05) is 37.6 Å². The number of rotatable bonds is 4. The molecule has 1 saturated heterocycles. The summed E-state index contributed by atoms with van der Waals surface area (Å²) in [7, 11) is 0. The van der Waals surface area contributed by atoms with Gasteiger partial charge in [0.15, 0.2) is 0 Å². The number of hydrogen-bond donors (Lipinski definition) is 1. The highest BCUT2D eigenvalue weighted by Gasteiger charge is 2.21. The van der Waals surface area contributed by atoms with Crippen LogP contribution < -0.4 is 10.2 Å². The molecule has 0 radical (unpaired) electrons. The zero-order valence-electron chi connectivity index (χ0n) is 13.9. The monoisotopic (exact) mass is 361 g/mol. The van der Waals surface area contributed by atoms with Crippen molar-refractivity contribution >= 4 is 23.3 Å². The zero-order valence-corrected chi connectivity index (χ0v) is 14.7. The Morgan fingerprint density at radius 1 is 1.08 bits per heavy atom. The third-order valence-electron chi connectivity index (χ3n) is 4.34. The standard InChI is InChI=1S/C19H21ClFN3O/c20-16-6-4-15(5-7-16)8-9-22-19(25)24-12-10-23(11-13-24)18-3-1-2-17(21)14-18/h1-7,14H,8-13H2,(H,22,25). The number of carbonyl (C=O) groups excluding carboxylic acids is 1. The lowest BCUT2D eigenvalue weighted by Crippen LogP contribution is -2.52. The van der Waals surface area contributed by atoms with Crippen molar-refractivity contribution < 1.29 is 9.18 Å². The minimum Gasteiger partial charge on any atom is -0.368 e. The van der Waals surface area contributed by atoms with Crippen molar-refractivity contribution in [2.24, 2.45) is 0 Å². The van der Waals surface area contributed by atoms with Gasteiger partial charge >= 0.3 is 6.03 Å². The fourth-order valence-electron chi connectivity index (χ4n) is 2.92. The van der Waals surface area contributed by atoms with Gasteiger partial charge in [0, 0.05) is 43.4 Å². The summed E-state index contributed by atoms with van der Waals surface area (Å²) < 4.78 is 13.3. The van der Waals surface area contributed by atoms with Gasteiger partial charge in [0.2, 0.25) is 0 Å². The lowest BCUT2D eigenvalue weighted by molar-refractivity contribution is 0.194. The van der Waals surface area contributed by atoms with Crippen molar-refractivity contribution in [3.63, 3.8) is 0 Å². The van der Waals surface area contributed by atoms with Gasteiger partial charge in [0.1, 0.15) is 5.82 Å². The Hall–Kier alpha value is -2.27. The van der Waals surface area contributed by atoms with E-state index in [1.807, 2.05) is 30.3 Å². The van der Waals surface area contributed by atoms with Gasteiger partial charge in [0.05, 0.1) is 0 Å². The molecule has 0 atom stereocenters. The van der Waals surface area contributed by atoms with Crippen LogP contribution in [0.1, 0.15) is 5.56 Å². The van der Waals surface area contributed by atoms with Gasteiger partial charge in [-0.15, -0.1) is 0 Å². The normalized spacial score (nSPS) is 14.5. The number of anilines is 1. The van der Waals surface area contributed by atoms with Crippen molar-refractivity contribution in [1.82, 2.24) is 10.2 Å². The molecule has 132 valence electrons. The van der Waals surface area contributed by atoms with E-state index in [1.54, 1.807) is 11.0 Å². The highest BCUT2D eigenvalue weighted by Crippen LogP contribution is 2.17. The molecule has 0 aromatic heterocycles. The van der Waals surface area contributed by atoms with Gasteiger partial charge in [-0.1, -0.05) is 29.8 Å².